The minimum absolute atomic E-state index is 0.00666. The van der Waals surface area contributed by atoms with Gasteiger partial charge in [-0.25, -0.2) is 13.2 Å². The van der Waals surface area contributed by atoms with Gasteiger partial charge >= 0.3 is 5.97 Å². The van der Waals surface area contributed by atoms with Crippen LogP contribution < -0.4 is 4.72 Å². The number of sulfonamides is 1. The Morgan fingerprint density at radius 1 is 1.14 bits per heavy atom. The highest BCUT2D eigenvalue weighted by Crippen LogP contribution is 2.31. The average Bonchev–Trinajstić information content (AvgIpc) is 2.44. The van der Waals surface area contributed by atoms with Gasteiger partial charge < -0.3 is 5.11 Å². The van der Waals surface area contributed by atoms with E-state index in [1.165, 1.54) is 36.4 Å². The highest BCUT2D eigenvalue weighted by molar-refractivity contribution is 7.92. The average molecular weight is 360 g/mol. The van der Waals surface area contributed by atoms with Crippen LogP contribution in [0.4, 0.5) is 5.69 Å². The maximum absolute atomic E-state index is 12.4. The fourth-order valence-electron chi connectivity index (χ4n) is 1.80. The van der Waals surface area contributed by atoms with Crippen molar-refractivity contribution in [2.45, 2.75) is 11.8 Å². The van der Waals surface area contributed by atoms with E-state index in [1.54, 1.807) is 6.92 Å². The van der Waals surface area contributed by atoms with Gasteiger partial charge in [-0.2, -0.15) is 0 Å². The van der Waals surface area contributed by atoms with Gasteiger partial charge in [-0.1, -0.05) is 35.3 Å². The summed E-state index contributed by atoms with van der Waals surface area (Å²) < 4.78 is 27.1. The summed E-state index contributed by atoms with van der Waals surface area (Å²) in [5.41, 5.74) is 0.226. The molecule has 0 atom stereocenters. The molecule has 2 N–H and O–H groups in total. The van der Waals surface area contributed by atoms with Gasteiger partial charge in [0.1, 0.15) is 4.90 Å². The van der Waals surface area contributed by atoms with Gasteiger partial charge in [0.2, 0.25) is 0 Å². The third-order valence-electron chi connectivity index (χ3n) is 2.98. The van der Waals surface area contributed by atoms with E-state index >= 15 is 0 Å². The van der Waals surface area contributed by atoms with E-state index < -0.39 is 16.0 Å². The second-order valence-corrected chi connectivity index (χ2v) is 6.88. The van der Waals surface area contributed by atoms with Crippen molar-refractivity contribution in [3.05, 3.63) is 57.6 Å². The molecule has 0 heterocycles. The lowest BCUT2D eigenvalue weighted by Gasteiger charge is -2.13. The molecule has 2 aromatic rings. The lowest BCUT2D eigenvalue weighted by Crippen LogP contribution is -2.16. The van der Waals surface area contributed by atoms with E-state index in [0.29, 0.717) is 10.6 Å². The molecule has 0 unspecified atom stereocenters. The van der Waals surface area contributed by atoms with Crippen LogP contribution in [0.3, 0.4) is 0 Å². The van der Waals surface area contributed by atoms with Crippen LogP contribution in [0.1, 0.15) is 15.9 Å². The number of benzene rings is 2. The van der Waals surface area contributed by atoms with Crippen molar-refractivity contribution in [3.63, 3.8) is 0 Å². The van der Waals surface area contributed by atoms with Gasteiger partial charge in [0.15, 0.2) is 0 Å². The molecule has 0 aliphatic rings. The smallest absolute Gasteiger partial charge is 0.337 e. The van der Waals surface area contributed by atoms with Crippen LogP contribution in [0.5, 0.6) is 0 Å². The maximum atomic E-state index is 12.4. The van der Waals surface area contributed by atoms with E-state index in [-0.39, 0.29) is 21.2 Å². The van der Waals surface area contributed by atoms with Crippen LogP contribution >= 0.6 is 23.2 Å². The molecule has 0 bridgehead atoms. The first kappa shape index (κ1) is 16.6. The minimum atomic E-state index is -4.04. The zero-order chi connectivity index (χ0) is 16.5. The molecule has 5 nitrogen and oxygen atoms in total. The Labute approximate surface area is 137 Å². The number of carboxylic acids is 1. The fraction of sp³-hybridized carbons (Fsp3) is 0.0714. The number of carbonyl (C=O) groups is 1. The quantitative estimate of drug-likeness (QED) is 0.869. The fourth-order valence-corrected chi connectivity index (χ4v) is 3.69. The Bertz CT molecular complexity index is 850. The summed E-state index contributed by atoms with van der Waals surface area (Å²) >= 11 is 11.9. The second-order valence-electron chi connectivity index (χ2n) is 4.44. The highest BCUT2D eigenvalue weighted by atomic mass is 35.5. The zero-order valence-electron chi connectivity index (χ0n) is 11.3. The first-order chi connectivity index (χ1) is 10.2. The number of halogens is 2. The van der Waals surface area contributed by atoms with Crippen molar-refractivity contribution < 1.29 is 18.3 Å². The largest absolute Gasteiger partial charge is 0.478 e. The number of carboxylic acid groups (broad SMARTS) is 1. The topological polar surface area (TPSA) is 83.5 Å². The van der Waals surface area contributed by atoms with E-state index in [4.69, 9.17) is 28.3 Å². The van der Waals surface area contributed by atoms with Crippen LogP contribution in [0.2, 0.25) is 10.0 Å². The van der Waals surface area contributed by atoms with Gasteiger partial charge in [-0.15, -0.1) is 0 Å². The highest BCUT2D eigenvalue weighted by Gasteiger charge is 2.22. The van der Waals surface area contributed by atoms with Gasteiger partial charge in [0.05, 0.1) is 16.3 Å². The molecule has 22 heavy (non-hydrogen) atoms. The number of hydrogen-bond donors (Lipinski definition) is 2. The summed E-state index contributed by atoms with van der Waals surface area (Å²) in [6, 6.07) is 8.37. The summed E-state index contributed by atoms with van der Waals surface area (Å²) in [5.74, 6) is -1.24. The van der Waals surface area contributed by atoms with Crippen LogP contribution in [-0.4, -0.2) is 19.5 Å². The first-order valence-corrected chi connectivity index (χ1v) is 8.27. The van der Waals surface area contributed by atoms with Crippen molar-refractivity contribution in [3.8, 4) is 0 Å². The molecule has 0 fully saturated rings. The Morgan fingerprint density at radius 3 is 2.41 bits per heavy atom. The van der Waals surface area contributed by atoms with Crippen molar-refractivity contribution in [1.82, 2.24) is 0 Å². The van der Waals surface area contributed by atoms with Crippen LogP contribution in [0.25, 0.3) is 0 Å². The molecule has 0 aromatic heterocycles. The summed E-state index contributed by atoms with van der Waals surface area (Å²) in [4.78, 5) is 11.0. The Balaban J connectivity index is 2.50. The summed E-state index contributed by atoms with van der Waals surface area (Å²) in [5, 5.41) is 9.43. The van der Waals surface area contributed by atoms with Crippen molar-refractivity contribution in [1.29, 1.82) is 0 Å². The predicted octanol–water partition coefficient (Wildman–Crippen LogP) is 3.80. The Morgan fingerprint density at radius 2 is 1.77 bits per heavy atom. The molecule has 0 aliphatic carbocycles. The third kappa shape index (κ3) is 3.19. The second kappa shape index (κ2) is 6.16. The van der Waals surface area contributed by atoms with Gasteiger partial charge in [-0.3, -0.25) is 4.72 Å². The molecule has 0 saturated carbocycles. The molecular weight excluding hydrogens is 349 g/mol. The number of nitrogens with one attached hydrogen (secondary N) is 1. The molecule has 116 valence electrons. The molecule has 2 rings (SSSR count). The van der Waals surface area contributed by atoms with Crippen LogP contribution in [0.15, 0.2) is 41.3 Å². The van der Waals surface area contributed by atoms with E-state index in [1.807, 2.05) is 0 Å². The van der Waals surface area contributed by atoms with Gasteiger partial charge in [-0.05, 0) is 36.8 Å². The first-order valence-electron chi connectivity index (χ1n) is 6.04. The number of rotatable bonds is 4. The molecule has 0 aliphatic heterocycles. The molecule has 0 radical (unpaired) electrons. The lowest BCUT2D eigenvalue weighted by molar-refractivity contribution is 0.0698. The van der Waals surface area contributed by atoms with E-state index in [9.17, 15) is 13.2 Å². The Hall–Kier alpha value is -1.76. The zero-order valence-corrected chi connectivity index (χ0v) is 13.6. The van der Waals surface area contributed by atoms with Crippen LogP contribution in [-0.2, 0) is 10.0 Å². The van der Waals surface area contributed by atoms with Crippen molar-refractivity contribution in [2.75, 3.05) is 4.72 Å². The van der Waals surface area contributed by atoms with Crippen molar-refractivity contribution in [2.24, 2.45) is 0 Å². The molecule has 8 heteroatoms. The third-order valence-corrected chi connectivity index (χ3v) is 5.39. The van der Waals surface area contributed by atoms with Crippen molar-refractivity contribution >= 4 is 44.9 Å². The molecule has 2 aromatic carbocycles. The van der Waals surface area contributed by atoms with Gasteiger partial charge in [0, 0.05) is 5.02 Å². The van der Waals surface area contributed by atoms with E-state index in [2.05, 4.69) is 4.72 Å². The normalized spacial score (nSPS) is 11.2. The van der Waals surface area contributed by atoms with Crippen LogP contribution in [0, 0.1) is 6.92 Å². The monoisotopic (exact) mass is 359 g/mol. The summed E-state index contributed by atoms with van der Waals surface area (Å²) in [6.45, 7) is 1.59. The molecular formula is C14H11Cl2NO4S. The number of para-hydroxylation sites is 1. The predicted molar refractivity (Wildman–Crippen MR) is 85.4 cm³/mol. The summed E-state index contributed by atoms with van der Waals surface area (Å²) in [7, 11) is -4.04. The molecule has 0 amide bonds. The Kier molecular flexibility index (Phi) is 4.65. The number of hydrogen-bond acceptors (Lipinski definition) is 3. The van der Waals surface area contributed by atoms with E-state index in [0.717, 1.165) is 0 Å². The molecule has 0 spiro atoms. The lowest BCUT2D eigenvalue weighted by atomic mass is 10.2. The minimum Gasteiger partial charge on any atom is -0.478 e. The summed E-state index contributed by atoms with van der Waals surface area (Å²) in [6.07, 6.45) is 0. The van der Waals surface area contributed by atoms with Gasteiger partial charge in [0.25, 0.3) is 10.0 Å². The standard InChI is InChI=1S/C14H11Cl2NO4S/c1-8-10(15)6-7-12(13(8)16)22(20,21)17-11-5-3-2-4-9(11)14(18)19/h2-7,17H,1H3,(H,18,19). The maximum Gasteiger partial charge on any atom is 0.337 e. The molecule has 0 saturated heterocycles. The SMILES string of the molecule is Cc1c(Cl)ccc(S(=O)(=O)Nc2ccccc2C(=O)O)c1Cl. The number of aromatic carboxylic acids is 1. The number of anilines is 1.